The van der Waals surface area contributed by atoms with Gasteiger partial charge in [-0.05, 0) is 24.8 Å². The molecule has 1 aromatic rings. The van der Waals surface area contributed by atoms with E-state index in [4.69, 9.17) is 0 Å². The molecule has 1 aliphatic rings. The summed E-state index contributed by atoms with van der Waals surface area (Å²) in [5, 5.41) is 8.81. The Morgan fingerprint density at radius 2 is 1.81 bits per heavy atom. The first-order chi connectivity index (χ1) is 9.99. The van der Waals surface area contributed by atoms with Crippen molar-refractivity contribution in [3.05, 3.63) is 35.9 Å². The van der Waals surface area contributed by atoms with E-state index in [2.05, 4.69) is 4.72 Å². The van der Waals surface area contributed by atoms with Gasteiger partial charge in [0, 0.05) is 0 Å². The van der Waals surface area contributed by atoms with Crippen LogP contribution in [0.25, 0.3) is 0 Å². The normalized spacial score (nSPS) is 18.3. The summed E-state index contributed by atoms with van der Waals surface area (Å²) in [6.07, 6.45) is 4.23. The van der Waals surface area contributed by atoms with Gasteiger partial charge in [-0.3, -0.25) is 4.79 Å². The summed E-state index contributed by atoms with van der Waals surface area (Å²) in [5.41, 5.74) is 0.802. The number of carboxylic acid groups (broad SMARTS) is 1. The van der Waals surface area contributed by atoms with Crippen LogP contribution in [0.5, 0.6) is 0 Å². The summed E-state index contributed by atoms with van der Waals surface area (Å²) < 4.78 is 27.0. The molecule has 0 heterocycles. The number of sulfonamides is 1. The third kappa shape index (κ3) is 4.54. The van der Waals surface area contributed by atoms with Crippen molar-refractivity contribution in [3.63, 3.8) is 0 Å². The van der Waals surface area contributed by atoms with Crippen molar-refractivity contribution in [2.24, 2.45) is 0 Å². The number of benzene rings is 1. The van der Waals surface area contributed by atoms with E-state index in [1.807, 2.05) is 18.2 Å². The molecule has 0 aromatic heterocycles. The van der Waals surface area contributed by atoms with Crippen LogP contribution in [0.1, 0.15) is 37.7 Å². The lowest BCUT2D eigenvalue weighted by Crippen LogP contribution is -2.46. The van der Waals surface area contributed by atoms with Crippen molar-refractivity contribution in [1.29, 1.82) is 0 Å². The predicted octanol–water partition coefficient (Wildman–Crippen LogP) is 1.93. The third-order valence-corrected chi connectivity index (χ3v) is 5.84. The van der Waals surface area contributed by atoms with Crippen LogP contribution < -0.4 is 4.72 Å². The van der Waals surface area contributed by atoms with Gasteiger partial charge in [0.1, 0.15) is 6.04 Å². The summed E-state index contributed by atoms with van der Waals surface area (Å²) in [6, 6.07) is 7.94. The maximum Gasteiger partial charge on any atom is 0.322 e. The van der Waals surface area contributed by atoms with Crippen LogP contribution in [0, 0.1) is 0 Å². The van der Waals surface area contributed by atoms with Crippen molar-refractivity contribution in [2.75, 3.05) is 0 Å². The molecule has 0 spiro atoms. The summed E-state index contributed by atoms with van der Waals surface area (Å²) in [5.74, 6) is -1.14. The topological polar surface area (TPSA) is 83.5 Å². The Labute approximate surface area is 125 Å². The summed E-state index contributed by atoms with van der Waals surface area (Å²) in [4.78, 5) is 11.3. The van der Waals surface area contributed by atoms with Crippen LogP contribution in [0.3, 0.4) is 0 Å². The van der Waals surface area contributed by atoms with Crippen molar-refractivity contribution in [2.45, 2.75) is 49.8 Å². The molecule has 1 aliphatic carbocycles. The summed E-state index contributed by atoms with van der Waals surface area (Å²) >= 11 is 0. The third-order valence-electron chi connectivity index (χ3n) is 3.88. The van der Waals surface area contributed by atoms with E-state index in [1.165, 1.54) is 0 Å². The van der Waals surface area contributed by atoms with Crippen molar-refractivity contribution < 1.29 is 18.3 Å². The predicted molar refractivity (Wildman–Crippen MR) is 80.5 cm³/mol. The van der Waals surface area contributed by atoms with Gasteiger partial charge in [0.2, 0.25) is 10.0 Å². The molecule has 6 heteroatoms. The molecule has 1 aromatic carbocycles. The average Bonchev–Trinajstić information content (AvgIpc) is 2.48. The van der Waals surface area contributed by atoms with E-state index in [9.17, 15) is 18.3 Å². The van der Waals surface area contributed by atoms with E-state index >= 15 is 0 Å². The molecular formula is C15H21NO4S. The van der Waals surface area contributed by atoms with Crippen LogP contribution in [0.2, 0.25) is 0 Å². The van der Waals surface area contributed by atoms with E-state index in [0.29, 0.717) is 12.8 Å². The van der Waals surface area contributed by atoms with Crippen molar-refractivity contribution in [1.82, 2.24) is 4.72 Å². The molecule has 2 rings (SSSR count). The molecule has 1 fully saturated rings. The first-order valence-electron chi connectivity index (χ1n) is 7.27. The quantitative estimate of drug-likeness (QED) is 0.841. The maximum atomic E-state index is 12.3. The molecule has 116 valence electrons. The van der Waals surface area contributed by atoms with E-state index in [-0.39, 0.29) is 6.42 Å². The van der Waals surface area contributed by atoms with Gasteiger partial charge in [0.25, 0.3) is 0 Å². The van der Waals surface area contributed by atoms with Gasteiger partial charge in [-0.25, -0.2) is 13.1 Å². The fourth-order valence-corrected chi connectivity index (χ4v) is 4.43. The molecular weight excluding hydrogens is 290 g/mol. The van der Waals surface area contributed by atoms with Crippen LogP contribution in [-0.4, -0.2) is 30.8 Å². The molecule has 5 nitrogen and oxygen atoms in total. The van der Waals surface area contributed by atoms with Crippen LogP contribution in [0.15, 0.2) is 30.3 Å². The molecule has 0 aliphatic heterocycles. The number of carboxylic acids is 1. The van der Waals surface area contributed by atoms with Crippen molar-refractivity contribution in [3.8, 4) is 0 Å². The Morgan fingerprint density at radius 1 is 1.19 bits per heavy atom. The molecule has 0 saturated heterocycles. The van der Waals surface area contributed by atoms with Gasteiger partial charge in [-0.1, -0.05) is 49.6 Å². The Bertz CT molecular complexity index is 565. The highest BCUT2D eigenvalue weighted by Gasteiger charge is 2.31. The number of hydrogen-bond donors (Lipinski definition) is 2. The van der Waals surface area contributed by atoms with E-state index in [0.717, 1.165) is 24.8 Å². The fourth-order valence-electron chi connectivity index (χ4n) is 2.70. The molecule has 2 N–H and O–H groups in total. The van der Waals surface area contributed by atoms with Crippen LogP contribution in [-0.2, 0) is 21.2 Å². The van der Waals surface area contributed by atoms with Gasteiger partial charge in [0.15, 0.2) is 0 Å². The minimum Gasteiger partial charge on any atom is -0.480 e. The number of nitrogens with one attached hydrogen (secondary N) is 1. The minimum atomic E-state index is -3.58. The molecule has 0 bridgehead atoms. The Morgan fingerprint density at radius 3 is 2.38 bits per heavy atom. The van der Waals surface area contributed by atoms with Crippen molar-refractivity contribution >= 4 is 16.0 Å². The summed E-state index contributed by atoms with van der Waals surface area (Å²) in [6.45, 7) is 0. The molecule has 1 atom stereocenters. The Kier molecular flexibility index (Phi) is 5.36. The molecule has 1 unspecified atom stereocenters. The lowest BCUT2D eigenvalue weighted by molar-refractivity contribution is -0.138. The highest BCUT2D eigenvalue weighted by molar-refractivity contribution is 7.90. The lowest BCUT2D eigenvalue weighted by Gasteiger charge is -2.24. The monoisotopic (exact) mass is 311 g/mol. The van der Waals surface area contributed by atoms with Gasteiger partial charge in [-0.15, -0.1) is 0 Å². The highest BCUT2D eigenvalue weighted by Crippen LogP contribution is 2.23. The second kappa shape index (κ2) is 7.04. The average molecular weight is 311 g/mol. The molecule has 0 radical (unpaired) electrons. The van der Waals surface area contributed by atoms with E-state index < -0.39 is 27.3 Å². The zero-order chi connectivity index (χ0) is 15.3. The number of hydrogen-bond acceptors (Lipinski definition) is 3. The van der Waals surface area contributed by atoms with Gasteiger partial charge in [-0.2, -0.15) is 0 Å². The number of aliphatic carboxylic acids is 1. The zero-order valence-electron chi connectivity index (χ0n) is 11.9. The standard InChI is InChI=1S/C15H21NO4S/c17-15(18)14(11-12-7-3-1-4-8-12)16-21(19,20)13-9-5-2-6-10-13/h1,3-4,7-8,13-14,16H,2,5-6,9-11H2,(H,17,18). The fraction of sp³-hybridized carbons (Fsp3) is 0.533. The molecule has 0 amide bonds. The minimum absolute atomic E-state index is 0.155. The summed E-state index contributed by atoms with van der Waals surface area (Å²) in [7, 11) is -3.58. The second-order valence-electron chi connectivity index (χ2n) is 5.50. The lowest BCUT2D eigenvalue weighted by atomic mass is 10.0. The highest BCUT2D eigenvalue weighted by atomic mass is 32.2. The largest absolute Gasteiger partial charge is 0.480 e. The zero-order valence-corrected chi connectivity index (χ0v) is 12.7. The Hall–Kier alpha value is -1.40. The van der Waals surface area contributed by atoms with E-state index in [1.54, 1.807) is 12.1 Å². The Balaban J connectivity index is 2.07. The molecule has 21 heavy (non-hydrogen) atoms. The second-order valence-corrected chi connectivity index (χ2v) is 7.50. The SMILES string of the molecule is O=C(O)C(Cc1ccccc1)NS(=O)(=O)C1CCCCC1. The number of carbonyl (C=O) groups is 1. The number of rotatable bonds is 6. The van der Waals surface area contributed by atoms with Crippen LogP contribution >= 0.6 is 0 Å². The maximum absolute atomic E-state index is 12.3. The van der Waals surface area contributed by atoms with Gasteiger partial charge in [0.05, 0.1) is 5.25 Å². The van der Waals surface area contributed by atoms with Crippen LogP contribution in [0.4, 0.5) is 0 Å². The van der Waals surface area contributed by atoms with Gasteiger partial charge < -0.3 is 5.11 Å². The molecule has 1 saturated carbocycles. The smallest absolute Gasteiger partial charge is 0.322 e. The first kappa shape index (κ1) is 16.0. The first-order valence-corrected chi connectivity index (χ1v) is 8.81. The van der Waals surface area contributed by atoms with Gasteiger partial charge >= 0.3 is 5.97 Å².